The molecule has 0 bridgehead atoms. The standard InChI is InChI=1S/C28H30F3N5O5/c1-16(2)21(34-24(38)22-23(37)33-20-8-6-5-7-19(20)32-22)26(40)35-13-14-36(27(3,4)15-35)25(39)17-9-11-18(12-10-17)41-28(29,30)31/h5-12,16,21H,13-15H2,1-4H3,(H,33,37)(H,34,38)/t21-/m0/s1. The number of carbonyl (C=O) groups excluding carboxylic acids is 3. The van der Waals surface area contributed by atoms with E-state index in [0.29, 0.717) is 11.0 Å². The quantitative estimate of drug-likeness (QED) is 0.466. The van der Waals surface area contributed by atoms with Gasteiger partial charge in [-0.15, -0.1) is 13.2 Å². The first-order valence-electron chi connectivity index (χ1n) is 12.9. The van der Waals surface area contributed by atoms with Gasteiger partial charge in [-0.2, -0.15) is 0 Å². The fourth-order valence-electron chi connectivity index (χ4n) is 4.78. The highest BCUT2D eigenvalue weighted by molar-refractivity contribution is 5.97. The minimum atomic E-state index is -4.84. The third-order valence-electron chi connectivity index (χ3n) is 6.83. The zero-order chi connectivity index (χ0) is 30.1. The molecular formula is C28H30F3N5O5. The molecule has 0 saturated carbocycles. The van der Waals surface area contributed by atoms with Crippen molar-refractivity contribution in [3.05, 3.63) is 70.1 Å². The number of nitrogens with one attached hydrogen (secondary N) is 2. The Morgan fingerprint density at radius 2 is 1.71 bits per heavy atom. The van der Waals surface area contributed by atoms with E-state index in [9.17, 15) is 32.3 Å². The van der Waals surface area contributed by atoms with Crippen LogP contribution in [-0.2, 0) is 4.79 Å². The number of carbonyl (C=O) groups is 3. The fourth-order valence-corrected chi connectivity index (χ4v) is 4.78. The van der Waals surface area contributed by atoms with E-state index in [2.05, 4.69) is 20.0 Å². The Kier molecular flexibility index (Phi) is 8.09. The first-order valence-corrected chi connectivity index (χ1v) is 12.9. The minimum Gasteiger partial charge on any atom is -0.406 e. The van der Waals surface area contributed by atoms with Gasteiger partial charge in [0.15, 0.2) is 5.69 Å². The topological polar surface area (TPSA) is 125 Å². The molecule has 4 rings (SSSR count). The summed E-state index contributed by atoms with van der Waals surface area (Å²) in [5.41, 5.74) is -0.797. The molecule has 10 nitrogen and oxygen atoms in total. The second kappa shape index (κ2) is 11.2. The number of alkyl halides is 3. The van der Waals surface area contributed by atoms with E-state index in [1.54, 1.807) is 61.8 Å². The molecule has 41 heavy (non-hydrogen) atoms. The number of ether oxygens (including phenoxy) is 1. The maximum Gasteiger partial charge on any atom is 0.573 e. The van der Waals surface area contributed by atoms with Gasteiger partial charge >= 0.3 is 6.36 Å². The van der Waals surface area contributed by atoms with Gasteiger partial charge in [-0.25, -0.2) is 4.98 Å². The third kappa shape index (κ3) is 6.67. The van der Waals surface area contributed by atoms with Gasteiger partial charge in [0.2, 0.25) is 5.91 Å². The van der Waals surface area contributed by atoms with Crippen molar-refractivity contribution in [1.29, 1.82) is 0 Å². The van der Waals surface area contributed by atoms with E-state index in [0.717, 1.165) is 12.1 Å². The van der Waals surface area contributed by atoms with Crippen LogP contribution >= 0.6 is 0 Å². The first-order chi connectivity index (χ1) is 19.2. The monoisotopic (exact) mass is 573 g/mol. The van der Waals surface area contributed by atoms with E-state index in [1.807, 2.05) is 0 Å². The van der Waals surface area contributed by atoms with Gasteiger partial charge in [-0.05, 0) is 56.2 Å². The van der Waals surface area contributed by atoms with Crippen LogP contribution in [0.1, 0.15) is 48.5 Å². The highest BCUT2D eigenvalue weighted by Gasteiger charge is 2.41. The molecule has 0 spiro atoms. The molecule has 0 radical (unpaired) electrons. The SMILES string of the molecule is CC(C)[C@H](NC(=O)c1nc2ccccc2[nH]c1=O)C(=O)N1CCN(C(=O)c2ccc(OC(F)(F)F)cc2)C(C)(C)C1. The lowest BCUT2D eigenvalue weighted by molar-refractivity contribution is -0.274. The van der Waals surface area contributed by atoms with Crippen molar-refractivity contribution < 1.29 is 32.3 Å². The molecule has 1 fully saturated rings. The van der Waals surface area contributed by atoms with E-state index >= 15 is 0 Å². The zero-order valence-electron chi connectivity index (χ0n) is 22.9. The van der Waals surface area contributed by atoms with Gasteiger partial charge in [0, 0.05) is 25.2 Å². The van der Waals surface area contributed by atoms with Gasteiger partial charge in [-0.3, -0.25) is 19.2 Å². The number of aromatic nitrogens is 2. The number of rotatable bonds is 6. The van der Waals surface area contributed by atoms with Crippen LogP contribution in [0.25, 0.3) is 11.0 Å². The Bertz CT molecular complexity index is 1520. The van der Waals surface area contributed by atoms with Crippen molar-refractivity contribution in [2.24, 2.45) is 5.92 Å². The summed E-state index contributed by atoms with van der Waals surface area (Å²) in [7, 11) is 0. The van der Waals surface area contributed by atoms with Crippen LogP contribution in [0.15, 0.2) is 53.3 Å². The predicted octanol–water partition coefficient (Wildman–Crippen LogP) is 3.34. The second-order valence-electron chi connectivity index (χ2n) is 10.7. The lowest BCUT2D eigenvalue weighted by Crippen LogP contribution is -2.64. The molecule has 3 amide bonds. The van der Waals surface area contributed by atoms with Crippen LogP contribution < -0.4 is 15.6 Å². The van der Waals surface area contributed by atoms with E-state index in [4.69, 9.17) is 0 Å². The van der Waals surface area contributed by atoms with Crippen LogP contribution in [0.4, 0.5) is 13.2 Å². The molecule has 2 heterocycles. The van der Waals surface area contributed by atoms with Crippen LogP contribution in [0, 0.1) is 5.92 Å². The molecule has 1 atom stereocenters. The van der Waals surface area contributed by atoms with Gasteiger partial charge in [0.05, 0.1) is 16.6 Å². The zero-order valence-corrected chi connectivity index (χ0v) is 22.9. The summed E-state index contributed by atoms with van der Waals surface area (Å²) in [6.45, 7) is 7.52. The number of aromatic amines is 1. The van der Waals surface area contributed by atoms with Crippen LogP contribution in [0.2, 0.25) is 0 Å². The summed E-state index contributed by atoms with van der Waals surface area (Å²) in [4.78, 5) is 62.3. The number of halogens is 3. The number of hydrogen-bond acceptors (Lipinski definition) is 6. The number of fused-ring (bicyclic) bond motifs is 1. The smallest absolute Gasteiger partial charge is 0.406 e. The predicted molar refractivity (Wildman–Crippen MR) is 143 cm³/mol. The number of amides is 3. The molecule has 0 unspecified atom stereocenters. The Morgan fingerprint density at radius 3 is 2.32 bits per heavy atom. The van der Waals surface area contributed by atoms with Crippen molar-refractivity contribution in [1.82, 2.24) is 25.1 Å². The number of hydrogen-bond donors (Lipinski definition) is 2. The number of piperazine rings is 1. The Balaban J connectivity index is 1.46. The number of nitrogens with zero attached hydrogens (tertiary/aromatic N) is 3. The fraction of sp³-hybridized carbons (Fsp3) is 0.393. The summed E-state index contributed by atoms with van der Waals surface area (Å²) in [6.07, 6.45) is -4.84. The molecule has 2 N–H and O–H groups in total. The van der Waals surface area contributed by atoms with E-state index in [1.165, 1.54) is 12.1 Å². The molecule has 13 heteroatoms. The third-order valence-corrected chi connectivity index (χ3v) is 6.83. The molecule has 0 aliphatic carbocycles. The Morgan fingerprint density at radius 1 is 1.05 bits per heavy atom. The average molecular weight is 574 g/mol. The normalized spacial score (nSPS) is 16.0. The molecule has 1 aromatic heterocycles. The van der Waals surface area contributed by atoms with Crippen molar-refractivity contribution in [2.75, 3.05) is 19.6 Å². The Labute approximate surface area is 233 Å². The lowest BCUT2D eigenvalue weighted by atomic mass is 9.95. The van der Waals surface area contributed by atoms with Gasteiger partial charge < -0.3 is 24.8 Å². The van der Waals surface area contributed by atoms with Crippen molar-refractivity contribution in [3.63, 3.8) is 0 Å². The second-order valence-corrected chi connectivity index (χ2v) is 10.7. The van der Waals surface area contributed by atoms with Gasteiger partial charge in [0.1, 0.15) is 11.8 Å². The van der Waals surface area contributed by atoms with Gasteiger partial charge in [0.25, 0.3) is 17.4 Å². The van der Waals surface area contributed by atoms with Gasteiger partial charge in [-0.1, -0.05) is 26.0 Å². The lowest BCUT2D eigenvalue weighted by Gasteiger charge is -2.48. The highest BCUT2D eigenvalue weighted by atomic mass is 19.4. The number of para-hydroxylation sites is 2. The number of H-pyrrole nitrogens is 1. The van der Waals surface area contributed by atoms with Crippen molar-refractivity contribution in [2.45, 2.75) is 45.6 Å². The van der Waals surface area contributed by atoms with E-state index in [-0.39, 0.29) is 42.7 Å². The Hall–Kier alpha value is -4.42. The van der Waals surface area contributed by atoms with E-state index < -0.39 is 41.1 Å². The van der Waals surface area contributed by atoms with Crippen LogP contribution in [-0.4, -0.2) is 75.1 Å². The molecule has 1 aliphatic rings. The summed E-state index contributed by atoms with van der Waals surface area (Å²) < 4.78 is 41.2. The molecule has 1 aliphatic heterocycles. The van der Waals surface area contributed by atoms with Crippen LogP contribution in [0.3, 0.4) is 0 Å². The first kappa shape index (κ1) is 29.6. The molecular weight excluding hydrogens is 543 g/mol. The van der Waals surface area contributed by atoms with Crippen molar-refractivity contribution >= 4 is 28.8 Å². The summed E-state index contributed by atoms with van der Waals surface area (Å²) in [5, 5.41) is 2.66. The summed E-state index contributed by atoms with van der Waals surface area (Å²) in [6, 6.07) is 10.4. The average Bonchev–Trinajstić information content (AvgIpc) is 2.89. The maximum atomic E-state index is 13.6. The van der Waals surface area contributed by atoms with Crippen molar-refractivity contribution in [3.8, 4) is 5.75 Å². The molecule has 3 aromatic rings. The molecule has 2 aromatic carbocycles. The molecule has 218 valence electrons. The maximum absolute atomic E-state index is 13.6. The largest absolute Gasteiger partial charge is 0.573 e. The molecule has 1 saturated heterocycles. The number of benzene rings is 2. The minimum absolute atomic E-state index is 0.140. The summed E-state index contributed by atoms with van der Waals surface area (Å²) in [5.74, 6) is -2.33. The highest BCUT2D eigenvalue weighted by Crippen LogP contribution is 2.27. The summed E-state index contributed by atoms with van der Waals surface area (Å²) >= 11 is 0. The van der Waals surface area contributed by atoms with Crippen LogP contribution in [0.5, 0.6) is 5.75 Å².